The third kappa shape index (κ3) is 4.14. The summed E-state index contributed by atoms with van der Waals surface area (Å²) in [5, 5.41) is 6.32. The van der Waals surface area contributed by atoms with Crippen LogP contribution in [0.1, 0.15) is 37.4 Å². The molecule has 164 valence electrons. The van der Waals surface area contributed by atoms with E-state index in [1.54, 1.807) is 18.2 Å². The maximum Gasteiger partial charge on any atom is 0.329 e. The zero-order chi connectivity index (χ0) is 22.8. The monoisotopic (exact) mass is 430 g/mol. The van der Waals surface area contributed by atoms with E-state index in [0.717, 1.165) is 33.4 Å². The summed E-state index contributed by atoms with van der Waals surface area (Å²) in [5.74, 6) is -0.957. The lowest BCUT2D eigenvalue weighted by atomic mass is 10.1. The molecule has 2 N–H and O–H groups in total. The maximum absolute atomic E-state index is 12.9. The Balaban J connectivity index is 1.55. The van der Waals surface area contributed by atoms with Gasteiger partial charge < -0.3 is 15.2 Å². The van der Waals surface area contributed by atoms with Gasteiger partial charge in [0, 0.05) is 34.4 Å². The predicted octanol–water partition coefficient (Wildman–Crippen LogP) is 4.45. The lowest BCUT2D eigenvalue weighted by Gasteiger charge is -2.12. The largest absolute Gasteiger partial charge is 0.344 e. The molecule has 4 rings (SSSR count). The van der Waals surface area contributed by atoms with Crippen LogP contribution >= 0.6 is 0 Å². The number of imide groups is 1. The van der Waals surface area contributed by atoms with Crippen molar-refractivity contribution in [3.05, 3.63) is 71.6 Å². The summed E-state index contributed by atoms with van der Waals surface area (Å²) < 4.78 is 2.18. The van der Waals surface area contributed by atoms with E-state index in [4.69, 9.17) is 0 Å². The maximum atomic E-state index is 12.9. The summed E-state index contributed by atoms with van der Waals surface area (Å²) in [4.78, 5) is 38.6. The number of nitrogens with zero attached hydrogens (tertiary/aromatic N) is 2. The number of para-hydroxylation sites is 1. The smallest absolute Gasteiger partial charge is 0.329 e. The predicted molar refractivity (Wildman–Crippen MR) is 125 cm³/mol. The molecule has 7 nitrogen and oxygen atoms in total. The second-order valence-corrected chi connectivity index (χ2v) is 8.06. The first-order chi connectivity index (χ1) is 15.4. The summed E-state index contributed by atoms with van der Waals surface area (Å²) >= 11 is 0. The molecule has 1 aromatic heterocycles. The Morgan fingerprint density at radius 2 is 1.84 bits per heavy atom. The average Bonchev–Trinajstić information content (AvgIpc) is 3.28. The van der Waals surface area contributed by atoms with E-state index in [2.05, 4.69) is 29.0 Å². The first-order valence-corrected chi connectivity index (χ1v) is 10.7. The van der Waals surface area contributed by atoms with Crippen molar-refractivity contribution in [3.63, 3.8) is 0 Å². The zero-order valence-corrected chi connectivity index (χ0v) is 18.4. The number of aryl methyl sites for hydroxylation is 1. The van der Waals surface area contributed by atoms with E-state index in [0.29, 0.717) is 11.7 Å². The molecule has 0 spiro atoms. The molecular weight excluding hydrogens is 404 g/mol. The molecular formula is C25H26N4O3. The Morgan fingerprint density at radius 1 is 1.12 bits per heavy atom. The molecule has 1 fully saturated rings. The van der Waals surface area contributed by atoms with Gasteiger partial charge in [-0.2, -0.15) is 0 Å². The quantitative estimate of drug-likeness (QED) is 0.448. The molecule has 2 heterocycles. The van der Waals surface area contributed by atoms with Gasteiger partial charge in [0.05, 0.1) is 0 Å². The van der Waals surface area contributed by atoms with Crippen LogP contribution in [-0.2, 0) is 9.59 Å². The summed E-state index contributed by atoms with van der Waals surface area (Å²) in [6.45, 7) is 5.86. The van der Waals surface area contributed by atoms with Gasteiger partial charge >= 0.3 is 6.03 Å². The number of hydrogen-bond donors (Lipinski definition) is 2. The zero-order valence-electron chi connectivity index (χ0n) is 18.4. The third-order valence-electron chi connectivity index (χ3n) is 5.74. The topological polar surface area (TPSA) is 83.4 Å². The number of nitrogens with one attached hydrogen (secondary N) is 2. The van der Waals surface area contributed by atoms with Gasteiger partial charge in [-0.05, 0) is 44.5 Å². The first kappa shape index (κ1) is 21.4. The second-order valence-electron chi connectivity index (χ2n) is 8.06. The van der Waals surface area contributed by atoms with Gasteiger partial charge in [0.2, 0.25) is 5.91 Å². The van der Waals surface area contributed by atoms with E-state index in [1.807, 2.05) is 49.5 Å². The van der Waals surface area contributed by atoms with Crippen molar-refractivity contribution in [1.82, 2.24) is 14.8 Å². The van der Waals surface area contributed by atoms with Crippen molar-refractivity contribution < 1.29 is 14.4 Å². The Hall–Kier alpha value is -3.87. The Labute approximate surface area is 186 Å². The summed E-state index contributed by atoms with van der Waals surface area (Å²) in [7, 11) is 0. The number of urea groups is 1. The first-order valence-electron chi connectivity index (χ1n) is 10.7. The van der Waals surface area contributed by atoms with Crippen molar-refractivity contribution in [2.75, 3.05) is 11.9 Å². The number of carbonyl (C=O) groups excluding carboxylic acids is 3. The molecule has 0 radical (unpaired) electrons. The van der Waals surface area contributed by atoms with Gasteiger partial charge in [-0.15, -0.1) is 0 Å². The molecule has 0 aliphatic carbocycles. The van der Waals surface area contributed by atoms with Crippen molar-refractivity contribution in [1.29, 1.82) is 0 Å². The summed E-state index contributed by atoms with van der Waals surface area (Å²) in [6.07, 6.45) is 4.64. The van der Waals surface area contributed by atoms with Crippen LogP contribution in [0.2, 0.25) is 0 Å². The number of aromatic nitrogens is 1. The molecule has 4 amide bonds. The SMILES string of the molecule is CCC(C)n1cc(C=C2NC(=O)N(CC(=O)Nc3ccc(C)cc3)C2=O)c2ccccc21. The minimum Gasteiger partial charge on any atom is -0.344 e. The highest BCUT2D eigenvalue weighted by molar-refractivity contribution is 6.16. The molecule has 1 atom stereocenters. The molecule has 3 aromatic rings. The Kier molecular flexibility index (Phi) is 5.81. The molecule has 0 saturated carbocycles. The van der Waals surface area contributed by atoms with Crippen LogP contribution in [0.5, 0.6) is 0 Å². The van der Waals surface area contributed by atoms with Crippen LogP contribution in [0.25, 0.3) is 17.0 Å². The Bertz CT molecular complexity index is 1220. The number of fused-ring (bicyclic) bond motifs is 1. The van der Waals surface area contributed by atoms with E-state index < -0.39 is 17.8 Å². The lowest BCUT2D eigenvalue weighted by molar-refractivity contribution is -0.127. The van der Waals surface area contributed by atoms with Crippen LogP contribution in [0.15, 0.2) is 60.4 Å². The van der Waals surface area contributed by atoms with Crippen LogP contribution in [0.4, 0.5) is 10.5 Å². The van der Waals surface area contributed by atoms with Crippen molar-refractivity contribution >= 4 is 40.5 Å². The number of amides is 4. The minimum absolute atomic E-state index is 0.158. The molecule has 32 heavy (non-hydrogen) atoms. The van der Waals surface area contributed by atoms with Gasteiger partial charge in [-0.1, -0.05) is 42.8 Å². The number of carbonyl (C=O) groups is 3. The van der Waals surface area contributed by atoms with Crippen molar-refractivity contribution in [3.8, 4) is 0 Å². The van der Waals surface area contributed by atoms with Crippen LogP contribution in [-0.4, -0.2) is 33.9 Å². The van der Waals surface area contributed by atoms with E-state index in [1.165, 1.54) is 0 Å². The third-order valence-corrected chi connectivity index (χ3v) is 5.74. The highest BCUT2D eigenvalue weighted by Crippen LogP contribution is 2.28. The highest BCUT2D eigenvalue weighted by Gasteiger charge is 2.35. The van der Waals surface area contributed by atoms with Crippen molar-refractivity contribution in [2.45, 2.75) is 33.2 Å². The van der Waals surface area contributed by atoms with Crippen molar-refractivity contribution in [2.24, 2.45) is 0 Å². The van der Waals surface area contributed by atoms with Gasteiger partial charge in [-0.25, -0.2) is 9.69 Å². The molecule has 1 aliphatic heterocycles. The normalized spacial score (nSPS) is 16.0. The fourth-order valence-corrected chi connectivity index (χ4v) is 3.76. The molecule has 1 saturated heterocycles. The van der Waals surface area contributed by atoms with Gasteiger partial charge in [0.15, 0.2) is 0 Å². The van der Waals surface area contributed by atoms with Crippen LogP contribution < -0.4 is 10.6 Å². The standard InChI is InChI=1S/C25H26N4O3/c1-4-17(3)28-14-18(20-7-5-6-8-22(20)28)13-21-24(31)29(25(32)27-21)15-23(30)26-19-11-9-16(2)10-12-19/h5-14,17H,4,15H2,1-3H3,(H,26,30)(H,27,32). The molecule has 0 bridgehead atoms. The van der Waals surface area contributed by atoms with E-state index in [9.17, 15) is 14.4 Å². The van der Waals surface area contributed by atoms with E-state index in [-0.39, 0.29) is 12.2 Å². The van der Waals surface area contributed by atoms with Gasteiger partial charge in [0.25, 0.3) is 5.91 Å². The Morgan fingerprint density at radius 3 is 2.56 bits per heavy atom. The van der Waals surface area contributed by atoms with Gasteiger partial charge in [-0.3, -0.25) is 9.59 Å². The number of benzene rings is 2. The fourth-order valence-electron chi connectivity index (χ4n) is 3.76. The molecule has 2 aromatic carbocycles. The summed E-state index contributed by atoms with van der Waals surface area (Å²) in [6, 6.07) is 15.0. The molecule has 1 unspecified atom stereocenters. The summed E-state index contributed by atoms with van der Waals surface area (Å²) in [5.41, 5.74) is 3.75. The average molecular weight is 431 g/mol. The number of rotatable bonds is 6. The van der Waals surface area contributed by atoms with Crippen LogP contribution in [0.3, 0.4) is 0 Å². The lowest BCUT2D eigenvalue weighted by Crippen LogP contribution is -2.38. The molecule has 7 heteroatoms. The second kappa shape index (κ2) is 8.70. The molecule has 1 aliphatic rings. The van der Waals surface area contributed by atoms with E-state index >= 15 is 0 Å². The van der Waals surface area contributed by atoms with Gasteiger partial charge in [0.1, 0.15) is 12.2 Å². The minimum atomic E-state index is -0.606. The fraction of sp³-hybridized carbons (Fsp3) is 0.240. The van der Waals surface area contributed by atoms with Crippen LogP contribution in [0, 0.1) is 6.92 Å². The number of anilines is 1. The highest BCUT2D eigenvalue weighted by atomic mass is 16.2. The number of hydrogen-bond acceptors (Lipinski definition) is 3.